The standard InChI is InChI=1S/C18H19Cl2N3O/c19-14-3-1-2-12(17(14)20)9-23-7-6-13-15(10-23)21-16(22-18(13)24)8-11-4-5-11/h1-3,11H,4-10H2,(H,21,22,24). The van der Waals surface area contributed by atoms with E-state index in [-0.39, 0.29) is 5.56 Å². The fourth-order valence-corrected chi connectivity index (χ4v) is 3.66. The van der Waals surface area contributed by atoms with Crippen LogP contribution in [0.2, 0.25) is 10.0 Å². The maximum atomic E-state index is 12.3. The Kier molecular flexibility index (Phi) is 4.37. The van der Waals surface area contributed by atoms with Crippen LogP contribution in [0.15, 0.2) is 23.0 Å². The van der Waals surface area contributed by atoms with Gasteiger partial charge in [0.15, 0.2) is 0 Å². The molecule has 1 aliphatic carbocycles. The second-order valence-electron chi connectivity index (χ2n) is 6.76. The molecule has 24 heavy (non-hydrogen) atoms. The Hall–Kier alpha value is -1.36. The van der Waals surface area contributed by atoms with Gasteiger partial charge in [-0.2, -0.15) is 0 Å². The lowest BCUT2D eigenvalue weighted by atomic mass is 10.1. The topological polar surface area (TPSA) is 49.0 Å². The van der Waals surface area contributed by atoms with Gasteiger partial charge in [0, 0.05) is 31.6 Å². The van der Waals surface area contributed by atoms with E-state index >= 15 is 0 Å². The van der Waals surface area contributed by atoms with Gasteiger partial charge in [-0.25, -0.2) is 4.98 Å². The van der Waals surface area contributed by atoms with E-state index < -0.39 is 0 Å². The molecule has 1 saturated carbocycles. The maximum Gasteiger partial charge on any atom is 0.254 e. The molecule has 4 rings (SSSR count). The lowest BCUT2D eigenvalue weighted by molar-refractivity contribution is 0.240. The highest BCUT2D eigenvalue weighted by molar-refractivity contribution is 6.42. The average molecular weight is 364 g/mol. The molecule has 126 valence electrons. The minimum Gasteiger partial charge on any atom is -0.310 e. The van der Waals surface area contributed by atoms with Crippen LogP contribution in [0, 0.1) is 5.92 Å². The Morgan fingerprint density at radius 3 is 2.92 bits per heavy atom. The van der Waals surface area contributed by atoms with Gasteiger partial charge in [0.05, 0.1) is 15.7 Å². The third-order valence-corrected chi connectivity index (χ3v) is 5.66. The number of fused-ring (bicyclic) bond motifs is 1. The molecule has 2 aliphatic rings. The molecule has 0 unspecified atom stereocenters. The normalized spacial score (nSPS) is 17.8. The van der Waals surface area contributed by atoms with E-state index in [9.17, 15) is 4.79 Å². The number of nitrogens with zero attached hydrogens (tertiary/aromatic N) is 2. The van der Waals surface area contributed by atoms with Crippen molar-refractivity contribution in [3.05, 3.63) is 61.2 Å². The van der Waals surface area contributed by atoms with Crippen LogP contribution < -0.4 is 5.56 Å². The lowest BCUT2D eigenvalue weighted by Gasteiger charge is -2.28. The average Bonchev–Trinajstić information content (AvgIpc) is 3.35. The van der Waals surface area contributed by atoms with Gasteiger partial charge >= 0.3 is 0 Å². The molecule has 2 aromatic rings. The number of hydrogen-bond acceptors (Lipinski definition) is 3. The zero-order chi connectivity index (χ0) is 16.7. The zero-order valence-electron chi connectivity index (χ0n) is 13.3. The van der Waals surface area contributed by atoms with Crippen molar-refractivity contribution in [3.63, 3.8) is 0 Å². The molecular formula is C18H19Cl2N3O. The highest BCUT2D eigenvalue weighted by atomic mass is 35.5. The largest absolute Gasteiger partial charge is 0.310 e. The number of benzene rings is 1. The van der Waals surface area contributed by atoms with Gasteiger partial charge < -0.3 is 4.98 Å². The fraction of sp³-hybridized carbons (Fsp3) is 0.444. The number of halogens is 2. The molecule has 1 fully saturated rings. The molecule has 1 aliphatic heterocycles. The number of rotatable bonds is 4. The first-order valence-corrected chi connectivity index (χ1v) is 9.12. The first kappa shape index (κ1) is 16.1. The van der Waals surface area contributed by atoms with Gasteiger partial charge in [-0.15, -0.1) is 0 Å². The summed E-state index contributed by atoms with van der Waals surface area (Å²) in [7, 11) is 0. The Morgan fingerprint density at radius 2 is 2.12 bits per heavy atom. The molecule has 6 heteroatoms. The predicted octanol–water partition coefficient (Wildman–Crippen LogP) is 3.59. The van der Waals surface area contributed by atoms with Crippen LogP contribution in [-0.2, 0) is 25.9 Å². The minimum atomic E-state index is 0.0380. The zero-order valence-corrected chi connectivity index (χ0v) is 14.8. The van der Waals surface area contributed by atoms with Gasteiger partial charge in [0.1, 0.15) is 5.82 Å². The Bertz CT molecular complexity index is 829. The smallest absolute Gasteiger partial charge is 0.254 e. The molecule has 0 atom stereocenters. The molecule has 1 aromatic heterocycles. The quantitative estimate of drug-likeness (QED) is 0.902. The Morgan fingerprint density at radius 1 is 1.29 bits per heavy atom. The number of H-pyrrole nitrogens is 1. The molecule has 0 amide bonds. The van der Waals surface area contributed by atoms with Crippen LogP contribution in [-0.4, -0.2) is 21.4 Å². The first-order chi connectivity index (χ1) is 11.6. The van der Waals surface area contributed by atoms with Gasteiger partial charge in [-0.3, -0.25) is 9.69 Å². The lowest BCUT2D eigenvalue weighted by Crippen LogP contribution is -2.35. The Labute approximate surface area is 150 Å². The van der Waals surface area contributed by atoms with Gasteiger partial charge in [0.2, 0.25) is 0 Å². The first-order valence-electron chi connectivity index (χ1n) is 8.36. The molecule has 1 N–H and O–H groups in total. The molecule has 0 spiro atoms. The van der Waals surface area contributed by atoms with E-state index in [4.69, 9.17) is 28.2 Å². The van der Waals surface area contributed by atoms with E-state index in [1.807, 2.05) is 12.1 Å². The van der Waals surface area contributed by atoms with Crippen molar-refractivity contribution in [2.45, 2.75) is 38.8 Å². The molecule has 1 aromatic carbocycles. The summed E-state index contributed by atoms with van der Waals surface area (Å²) in [6.07, 6.45) is 4.11. The van der Waals surface area contributed by atoms with Crippen molar-refractivity contribution in [2.75, 3.05) is 6.54 Å². The van der Waals surface area contributed by atoms with Crippen molar-refractivity contribution >= 4 is 23.2 Å². The van der Waals surface area contributed by atoms with Crippen LogP contribution in [0.1, 0.15) is 35.5 Å². The molecule has 2 heterocycles. The molecular weight excluding hydrogens is 345 g/mol. The third kappa shape index (κ3) is 3.37. The second-order valence-corrected chi connectivity index (χ2v) is 7.54. The van der Waals surface area contributed by atoms with Crippen molar-refractivity contribution in [1.82, 2.24) is 14.9 Å². The summed E-state index contributed by atoms with van der Waals surface area (Å²) in [5, 5.41) is 1.19. The Balaban J connectivity index is 1.55. The van der Waals surface area contributed by atoms with Crippen LogP contribution >= 0.6 is 23.2 Å². The molecule has 0 saturated heterocycles. The van der Waals surface area contributed by atoms with Crippen LogP contribution in [0.4, 0.5) is 0 Å². The summed E-state index contributed by atoms with van der Waals surface area (Å²) in [6.45, 7) is 2.22. The van der Waals surface area contributed by atoms with E-state index in [1.165, 1.54) is 12.8 Å². The monoisotopic (exact) mass is 363 g/mol. The summed E-state index contributed by atoms with van der Waals surface area (Å²) in [5.74, 6) is 1.54. The van der Waals surface area contributed by atoms with Crippen LogP contribution in [0.25, 0.3) is 0 Å². The molecule has 0 bridgehead atoms. The van der Waals surface area contributed by atoms with Crippen molar-refractivity contribution in [3.8, 4) is 0 Å². The summed E-state index contributed by atoms with van der Waals surface area (Å²) >= 11 is 12.4. The molecule has 0 radical (unpaired) electrons. The van der Waals surface area contributed by atoms with Gasteiger partial charge in [0.25, 0.3) is 5.56 Å². The van der Waals surface area contributed by atoms with Crippen molar-refractivity contribution in [2.24, 2.45) is 5.92 Å². The number of aromatic nitrogens is 2. The highest BCUT2D eigenvalue weighted by Gasteiger charge is 2.25. The maximum absolute atomic E-state index is 12.3. The summed E-state index contributed by atoms with van der Waals surface area (Å²) in [4.78, 5) is 22.3. The van der Waals surface area contributed by atoms with Crippen molar-refractivity contribution < 1.29 is 0 Å². The third-order valence-electron chi connectivity index (χ3n) is 4.81. The van der Waals surface area contributed by atoms with Crippen LogP contribution in [0.3, 0.4) is 0 Å². The SMILES string of the molecule is O=c1[nH]c(CC2CC2)nc2c1CCN(Cc1cccc(Cl)c1Cl)C2. The second kappa shape index (κ2) is 6.51. The number of nitrogens with one attached hydrogen (secondary N) is 1. The minimum absolute atomic E-state index is 0.0380. The summed E-state index contributed by atoms with van der Waals surface area (Å²) < 4.78 is 0. The fourth-order valence-electron chi connectivity index (χ4n) is 3.28. The predicted molar refractivity (Wildman–Crippen MR) is 95.6 cm³/mol. The van der Waals surface area contributed by atoms with Crippen molar-refractivity contribution in [1.29, 1.82) is 0 Å². The summed E-state index contributed by atoms with van der Waals surface area (Å²) in [6, 6.07) is 5.70. The van der Waals surface area contributed by atoms with E-state index in [2.05, 4.69) is 9.88 Å². The number of hydrogen-bond donors (Lipinski definition) is 1. The van der Waals surface area contributed by atoms with Crippen LogP contribution in [0.5, 0.6) is 0 Å². The number of aromatic amines is 1. The van der Waals surface area contributed by atoms with E-state index in [1.54, 1.807) is 6.07 Å². The molecule has 4 nitrogen and oxygen atoms in total. The highest BCUT2D eigenvalue weighted by Crippen LogP contribution is 2.32. The van der Waals surface area contributed by atoms with Gasteiger partial charge in [-0.05, 0) is 36.8 Å². The van der Waals surface area contributed by atoms with E-state index in [0.29, 0.717) is 29.1 Å². The van der Waals surface area contributed by atoms with E-state index in [0.717, 1.165) is 42.0 Å². The van der Waals surface area contributed by atoms with Gasteiger partial charge in [-0.1, -0.05) is 35.3 Å². The summed E-state index contributed by atoms with van der Waals surface area (Å²) in [5.41, 5.74) is 2.80.